The molecule has 1 N–H and O–H groups in total. The fourth-order valence-corrected chi connectivity index (χ4v) is 1.42. The standard InChI is InChI=1S/C14H13FN2O3/c1-10(12-7-4-8-19-12)16-17-14(18)9-20-13-6-3-2-5-11(13)15/h2-8H,9H2,1H3,(H,17,18). The van der Waals surface area contributed by atoms with Crippen molar-refractivity contribution < 1.29 is 18.3 Å². The van der Waals surface area contributed by atoms with E-state index in [1.165, 1.54) is 18.4 Å². The highest BCUT2D eigenvalue weighted by atomic mass is 19.1. The van der Waals surface area contributed by atoms with E-state index in [1.807, 2.05) is 0 Å². The summed E-state index contributed by atoms with van der Waals surface area (Å²) in [5, 5.41) is 3.85. The molecule has 0 radical (unpaired) electrons. The van der Waals surface area contributed by atoms with E-state index >= 15 is 0 Å². The van der Waals surface area contributed by atoms with Crippen molar-refractivity contribution in [1.29, 1.82) is 0 Å². The summed E-state index contributed by atoms with van der Waals surface area (Å²) in [4.78, 5) is 11.5. The summed E-state index contributed by atoms with van der Waals surface area (Å²) in [6.45, 7) is 1.37. The topological polar surface area (TPSA) is 63.8 Å². The number of carbonyl (C=O) groups is 1. The number of nitrogens with one attached hydrogen (secondary N) is 1. The number of amides is 1. The van der Waals surface area contributed by atoms with Crippen LogP contribution in [0.4, 0.5) is 4.39 Å². The molecule has 2 rings (SSSR count). The minimum absolute atomic E-state index is 0.0226. The molecule has 1 heterocycles. The van der Waals surface area contributed by atoms with Crippen LogP contribution in [-0.4, -0.2) is 18.2 Å². The molecule has 0 fully saturated rings. The van der Waals surface area contributed by atoms with Gasteiger partial charge in [0.1, 0.15) is 11.5 Å². The van der Waals surface area contributed by atoms with Crippen LogP contribution >= 0.6 is 0 Å². The molecule has 1 aromatic heterocycles. The Morgan fingerprint density at radius 2 is 2.15 bits per heavy atom. The average molecular weight is 276 g/mol. The number of nitrogens with zero attached hydrogens (tertiary/aromatic N) is 1. The van der Waals surface area contributed by atoms with E-state index in [-0.39, 0.29) is 12.4 Å². The van der Waals surface area contributed by atoms with Crippen molar-refractivity contribution in [2.24, 2.45) is 5.10 Å². The lowest BCUT2D eigenvalue weighted by Gasteiger charge is -2.05. The Balaban J connectivity index is 1.84. The highest BCUT2D eigenvalue weighted by Crippen LogP contribution is 2.14. The molecule has 5 nitrogen and oxygen atoms in total. The zero-order chi connectivity index (χ0) is 14.4. The third kappa shape index (κ3) is 3.68. The van der Waals surface area contributed by atoms with Crippen LogP contribution in [0.2, 0.25) is 0 Å². The monoisotopic (exact) mass is 276 g/mol. The number of ether oxygens (including phenoxy) is 1. The second kappa shape index (κ2) is 6.51. The number of hydrogen-bond acceptors (Lipinski definition) is 4. The summed E-state index contributed by atoms with van der Waals surface area (Å²) < 4.78 is 23.4. The molecule has 0 aliphatic heterocycles. The van der Waals surface area contributed by atoms with Crippen LogP contribution in [0.15, 0.2) is 52.2 Å². The van der Waals surface area contributed by atoms with E-state index in [0.29, 0.717) is 11.5 Å². The largest absolute Gasteiger partial charge is 0.481 e. The number of benzene rings is 1. The van der Waals surface area contributed by atoms with Crippen molar-refractivity contribution in [2.75, 3.05) is 6.61 Å². The molecule has 0 aliphatic carbocycles. The van der Waals surface area contributed by atoms with Gasteiger partial charge in [0.2, 0.25) is 0 Å². The number of furan rings is 1. The van der Waals surface area contributed by atoms with Gasteiger partial charge in [0.05, 0.1) is 6.26 Å². The van der Waals surface area contributed by atoms with Gasteiger partial charge in [0, 0.05) is 0 Å². The predicted octanol–water partition coefficient (Wildman–Crippen LogP) is 2.34. The number of carbonyl (C=O) groups excluding carboxylic acids is 1. The first-order valence-corrected chi connectivity index (χ1v) is 5.91. The summed E-state index contributed by atoms with van der Waals surface area (Å²) in [5.74, 6) is -0.426. The van der Waals surface area contributed by atoms with Crippen LogP contribution in [0, 0.1) is 5.82 Å². The smallest absolute Gasteiger partial charge is 0.277 e. The molecule has 2 aromatic rings. The molecule has 0 saturated heterocycles. The van der Waals surface area contributed by atoms with Gasteiger partial charge >= 0.3 is 0 Å². The summed E-state index contributed by atoms with van der Waals surface area (Å²) in [6, 6.07) is 9.31. The van der Waals surface area contributed by atoms with E-state index in [4.69, 9.17) is 9.15 Å². The first-order valence-electron chi connectivity index (χ1n) is 5.91. The first-order chi connectivity index (χ1) is 9.66. The average Bonchev–Trinajstić information content (AvgIpc) is 2.98. The van der Waals surface area contributed by atoms with Crippen LogP contribution in [0.5, 0.6) is 5.75 Å². The van der Waals surface area contributed by atoms with Crippen molar-refractivity contribution in [3.8, 4) is 5.75 Å². The Hall–Kier alpha value is -2.63. The quantitative estimate of drug-likeness (QED) is 0.673. The van der Waals surface area contributed by atoms with Crippen LogP contribution in [0.1, 0.15) is 12.7 Å². The molecule has 0 bridgehead atoms. The number of halogens is 1. The number of hydrogen-bond donors (Lipinski definition) is 1. The van der Waals surface area contributed by atoms with Gasteiger partial charge in [-0.2, -0.15) is 5.10 Å². The molecule has 0 aliphatic rings. The molecular formula is C14H13FN2O3. The van der Waals surface area contributed by atoms with E-state index in [2.05, 4.69) is 10.5 Å². The summed E-state index contributed by atoms with van der Waals surface area (Å²) in [7, 11) is 0. The maximum absolute atomic E-state index is 13.2. The first kappa shape index (κ1) is 13.8. The van der Waals surface area contributed by atoms with Gasteiger partial charge < -0.3 is 9.15 Å². The second-order valence-electron chi connectivity index (χ2n) is 3.93. The Morgan fingerprint density at radius 3 is 2.85 bits per heavy atom. The van der Waals surface area contributed by atoms with Crippen molar-refractivity contribution in [1.82, 2.24) is 5.43 Å². The highest BCUT2D eigenvalue weighted by Gasteiger charge is 2.06. The van der Waals surface area contributed by atoms with Gasteiger partial charge in [-0.3, -0.25) is 4.79 Å². The molecular weight excluding hydrogens is 263 g/mol. The zero-order valence-corrected chi connectivity index (χ0v) is 10.8. The number of para-hydroxylation sites is 1. The molecule has 1 aromatic carbocycles. The fraction of sp³-hybridized carbons (Fsp3) is 0.143. The molecule has 0 atom stereocenters. The van der Waals surface area contributed by atoms with Gasteiger partial charge in [-0.15, -0.1) is 0 Å². The molecule has 0 spiro atoms. The summed E-state index contributed by atoms with van der Waals surface area (Å²) in [6.07, 6.45) is 1.51. The summed E-state index contributed by atoms with van der Waals surface area (Å²) >= 11 is 0. The van der Waals surface area contributed by atoms with E-state index in [9.17, 15) is 9.18 Å². The minimum atomic E-state index is -0.518. The van der Waals surface area contributed by atoms with Crippen LogP contribution in [-0.2, 0) is 4.79 Å². The van der Waals surface area contributed by atoms with Crippen LogP contribution in [0.3, 0.4) is 0 Å². The van der Waals surface area contributed by atoms with E-state index in [0.717, 1.165) is 0 Å². The van der Waals surface area contributed by atoms with Gasteiger partial charge in [0.15, 0.2) is 18.2 Å². The second-order valence-corrected chi connectivity index (χ2v) is 3.93. The van der Waals surface area contributed by atoms with Crippen molar-refractivity contribution >= 4 is 11.6 Å². The zero-order valence-electron chi connectivity index (χ0n) is 10.8. The maximum atomic E-state index is 13.2. The SMILES string of the molecule is CC(=NNC(=O)COc1ccccc1F)c1ccco1. The minimum Gasteiger partial charge on any atom is -0.481 e. The highest BCUT2D eigenvalue weighted by molar-refractivity contribution is 5.96. The molecule has 0 unspecified atom stereocenters. The lowest BCUT2D eigenvalue weighted by molar-refractivity contribution is -0.123. The van der Waals surface area contributed by atoms with Gasteiger partial charge in [-0.1, -0.05) is 12.1 Å². The van der Waals surface area contributed by atoms with Crippen molar-refractivity contribution in [3.05, 3.63) is 54.2 Å². The molecule has 104 valence electrons. The van der Waals surface area contributed by atoms with Gasteiger partial charge in [-0.05, 0) is 31.2 Å². The Kier molecular flexibility index (Phi) is 4.49. The molecule has 6 heteroatoms. The third-order valence-corrected chi connectivity index (χ3v) is 2.42. The normalized spacial score (nSPS) is 11.2. The van der Waals surface area contributed by atoms with Gasteiger partial charge in [0.25, 0.3) is 5.91 Å². The lowest BCUT2D eigenvalue weighted by Crippen LogP contribution is -2.25. The Labute approximate surface area is 115 Å². The molecule has 20 heavy (non-hydrogen) atoms. The van der Waals surface area contributed by atoms with Crippen LogP contribution < -0.4 is 10.2 Å². The molecule has 1 amide bonds. The fourth-order valence-electron chi connectivity index (χ4n) is 1.42. The van der Waals surface area contributed by atoms with Crippen molar-refractivity contribution in [2.45, 2.75) is 6.92 Å². The maximum Gasteiger partial charge on any atom is 0.277 e. The predicted molar refractivity (Wildman–Crippen MR) is 71.0 cm³/mol. The van der Waals surface area contributed by atoms with E-state index < -0.39 is 11.7 Å². The number of rotatable bonds is 5. The number of hydrazone groups is 1. The molecule has 0 saturated carbocycles. The Morgan fingerprint density at radius 1 is 1.35 bits per heavy atom. The van der Waals surface area contributed by atoms with Gasteiger partial charge in [-0.25, -0.2) is 9.82 Å². The lowest BCUT2D eigenvalue weighted by atomic mass is 10.3. The van der Waals surface area contributed by atoms with Crippen LogP contribution in [0.25, 0.3) is 0 Å². The Bertz CT molecular complexity index is 609. The third-order valence-electron chi connectivity index (χ3n) is 2.42. The van der Waals surface area contributed by atoms with Crippen molar-refractivity contribution in [3.63, 3.8) is 0 Å². The van der Waals surface area contributed by atoms with E-state index in [1.54, 1.807) is 31.2 Å². The summed E-state index contributed by atoms with van der Waals surface area (Å²) in [5.41, 5.74) is 2.82.